The Hall–Kier alpha value is -1.71. The number of thiophene rings is 1. The first-order valence-corrected chi connectivity index (χ1v) is 7.39. The van der Waals surface area contributed by atoms with Gasteiger partial charge in [0.1, 0.15) is 0 Å². The standard InChI is InChI=1S/C16H16N2S/c17-15(7-6-12-8-10-19-11-12)14-5-1-3-13-4-2-9-18-16(13)14/h1-5,8-11,15H,6-7,17H2. The van der Waals surface area contributed by atoms with Crippen LogP contribution < -0.4 is 5.73 Å². The first kappa shape index (κ1) is 12.3. The van der Waals surface area contributed by atoms with Gasteiger partial charge in [-0.2, -0.15) is 11.3 Å². The van der Waals surface area contributed by atoms with Crippen molar-refractivity contribution in [1.29, 1.82) is 0 Å². The van der Waals surface area contributed by atoms with Crippen LogP contribution in [0.5, 0.6) is 0 Å². The van der Waals surface area contributed by atoms with Gasteiger partial charge in [-0.05, 0) is 46.9 Å². The minimum Gasteiger partial charge on any atom is -0.324 e. The van der Waals surface area contributed by atoms with Crippen LogP contribution in [0, 0.1) is 0 Å². The smallest absolute Gasteiger partial charge is 0.0749 e. The van der Waals surface area contributed by atoms with Crippen molar-refractivity contribution in [2.24, 2.45) is 5.73 Å². The van der Waals surface area contributed by atoms with Gasteiger partial charge < -0.3 is 5.73 Å². The van der Waals surface area contributed by atoms with Crippen LogP contribution in [-0.4, -0.2) is 4.98 Å². The summed E-state index contributed by atoms with van der Waals surface area (Å²) in [7, 11) is 0. The minimum atomic E-state index is 0.0403. The molecule has 1 unspecified atom stereocenters. The topological polar surface area (TPSA) is 38.9 Å². The zero-order valence-corrected chi connectivity index (χ0v) is 11.4. The van der Waals surface area contributed by atoms with Crippen molar-refractivity contribution in [3.8, 4) is 0 Å². The summed E-state index contributed by atoms with van der Waals surface area (Å²) in [5, 5.41) is 5.46. The van der Waals surface area contributed by atoms with E-state index in [1.807, 2.05) is 12.3 Å². The zero-order valence-electron chi connectivity index (χ0n) is 10.6. The molecule has 0 aliphatic heterocycles. The number of hydrogen-bond donors (Lipinski definition) is 1. The van der Waals surface area contributed by atoms with Crippen LogP contribution in [-0.2, 0) is 6.42 Å². The van der Waals surface area contributed by atoms with Crippen LogP contribution in [0.15, 0.2) is 53.4 Å². The lowest BCUT2D eigenvalue weighted by Gasteiger charge is -2.13. The van der Waals surface area contributed by atoms with Crippen LogP contribution in [0.2, 0.25) is 0 Å². The summed E-state index contributed by atoms with van der Waals surface area (Å²) in [6.07, 6.45) is 3.80. The highest BCUT2D eigenvalue weighted by Crippen LogP contribution is 2.24. The molecule has 2 nitrogen and oxygen atoms in total. The number of rotatable bonds is 4. The fraction of sp³-hybridized carbons (Fsp3) is 0.188. The summed E-state index contributed by atoms with van der Waals surface area (Å²) in [5.41, 5.74) is 9.89. The Balaban J connectivity index is 1.83. The Morgan fingerprint density at radius 1 is 1.16 bits per heavy atom. The first-order chi connectivity index (χ1) is 9.34. The minimum absolute atomic E-state index is 0.0403. The van der Waals surface area contributed by atoms with Crippen LogP contribution in [0.4, 0.5) is 0 Å². The van der Waals surface area contributed by atoms with E-state index >= 15 is 0 Å². The lowest BCUT2D eigenvalue weighted by molar-refractivity contribution is 0.655. The molecule has 1 atom stereocenters. The number of hydrogen-bond acceptors (Lipinski definition) is 3. The van der Waals surface area contributed by atoms with Gasteiger partial charge in [0.2, 0.25) is 0 Å². The number of pyridine rings is 1. The van der Waals surface area contributed by atoms with Crippen LogP contribution >= 0.6 is 11.3 Å². The van der Waals surface area contributed by atoms with E-state index in [9.17, 15) is 0 Å². The van der Waals surface area contributed by atoms with Gasteiger partial charge in [0.15, 0.2) is 0 Å². The van der Waals surface area contributed by atoms with Gasteiger partial charge in [0, 0.05) is 17.6 Å². The molecule has 96 valence electrons. The maximum atomic E-state index is 6.34. The predicted molar refractivity (Wildman–Crippen MR) is 81.3 cm³/mol. The lowest BCUT2D eigenvalue weighted by atomic mass is 9.98. The van der Waals surface area contributed by atoms with Gasteiger partial charge in [0.05, 0.1) is 5.52 Å². The molecule has 0 amide bonds. The number of para-hydroxylation sites is 1. The summed E-state index contributed by atoms with van der Waals surface area (Å²) in [6, 6.07) is 12.5. The average Bonchev–Trinajstić information content (AvgIpc) is 2.97. The number of benzene rings is 1. The monoisotopic (exact) mass is 268 g/mol. The summed E-state index contributed by atoms with van der Waals surface area (Å²) < 4.78 is 0. The second-order valence-electron chi connectivity index (χ2n) is 4.70. The Morgan fingerprint density at radius 2 is 2.05 bits per heavy atom. The average molecular weight is 268 g/mol. The van der Waals surface area contributed by atoms with E-state index in [-0.39, 0.29) is 6.04 Å². The number of nitrogens with zero attached hydrogens (tertiary/aromatic N) is 1. The van der Waals surface area contributed by atoms with Crippen molar-refractivity contribution >= 4 is 22.2 Å². The molecular formula is C16H16N2S. The molecule has 2 heterocycles. The van der Waals surface area contributed by atoms with Gasteiger partial charge in [-0.3, -0.25) is 4.98 Å². The van der Waals surface area contributed by atoms with E-state index in [0.717, 1.165) is 29.3 Å². The molecule has 19 heavy (non-hydrogen) atoms. The highest BCUT2D eigenvalue weighted by molar-refractivity contribution is 7.07. The zero-order chi connectivity index (χ0) is 13.1. The van der Waals surface area contributed by atoms with Gasteiger partial charge >= 0.3 is 0 Å². The van der Waals surface area contributed by atoms with Crippen molar-refractivity contribution in [2.45, 2.75) is 18.9 Å². The molecule has 0 saturated carbocycles. The maximum Gasteiger partial charge on any atom is 0.0749 e. The molecule has 0 bridgehead atoms. The molecule has 0 radical (unpaired) electrons. The number of aryl methyl sites for hydroxylation is 1. The fourth-order valence-electron chi connectivity index (χ4n) is 2.34. The Labute approximate surface area is 116 Å². The molecule has 3 aromatic rings. The molecule has 0 saturated heterocycles. The van der Waals surface area contributed by atoms with Crippen molar-refractivity contribution < 1.29 is 0 Å². The van der Waals surface area contributed by atoms with Crippen molar-refractivity contribution in [3.05, 3.63) is 64.5 Å². The SMILES string of the molecule is NC(CCc1ccsc1)c1cccc2cccnc12. The third kappa shape index (κ3) is 2.67. The van der Waals surface area contributed by atoms with Gasteiger partial charge in [-0.25, -0.2) is 0 Å². The second-order valence-corrected chi connectivity index (χ2v) is 5.48. The third-order valence-electron chi connectivity index (χ3n) is 3.39. The summed E-state index contributed by atoms with van der Waals surface area (Å²) in [6.45, 7) is 0. The summed E-state index contributed by atoms with van der Waals surface area (Å²) in [4.78, 5) is 4.47. The largest absolute Gasteiger partial charge is 0.324 e. The fourth-order valence-corrected chi connectivity index (χ4v) is 3.04. The molecule has 0 fully saturated rings. The van der Waals surface area contributed by atoms with E-state index in [0.29, 0.717) is 0 Å². The quantitative estimate of drug-likeness (QED) is 0.778. The lowest BCUT2D eigenvalue weighted by Crippen LogP contribution is -2.12. The second kappa shape index (κ2) is 5.51. The third-order valence-corrected chi connectivity index (χ3v) is 4.12. The number of fused-ring (bicyclic) bond motifs is 1. The molecule has 0 spiro atoms. The molecule has 3 heteroatoms. The predicted octanol–water partition coefficient (Wildman–Crippen LogP) is 3.93. The molecule has 3 rings (SSSR count). The van der Waals surface area contributed by atoms with Gasteiger partial charge in [0.25, 0.3) is 0 Å². The molecular weight excluding hydrogens is 252 g/mol. The molecule has 2 aromatic heterocycles. The van der Waals surface area contributed by atoms with Crippen molar-refractivity contribution in [1.82, 2.24) is 4.98 Å². The molecule has 1 aromatic carbocycles. The van der Waals surface area contributed by atoms with E-state index in [2.05, 4.69) is 46.1 Å². The van der Waals surface area contributed by atoms with Crippen LogP contribution in [0.3, 0.4) is 0 Å². The van der Waals surface area contributed by atoms with E-state index < -0.39 is 0 Å². The molecule has 2 N–H and O–H groups in total. The maximum absolute atomic E-state index is 6.34. The Kier molecular flexibility index (Phi) is 3.58. The Bertz CT molecular complexity index is 656. The van der Waals surface area contributed by atoms with Crippen LogP contribution in [0.25, 0.3) is 10.9 Å². The van der Waals surface area contributed by atoms with Gasteiger partial charge in [-0.15, -0.1) is 0 Å². The van der Waals surface area contributed by atoms with E-state index in [4.69, 9.17) is 5.73 Å². The van der Waals surface area contributed by atoms with Crippen LogP contribution in [0.1, 0.15) is 23.6 Å². The number of aromatic nitrogens is 1. The van der Waals surface area contributed by atoms with Gasteiger partial charge in [-0.1, -0.05) is 24.3 Å². The van der Waals surface area contributed by atoms with E-state index in [1.165, 1.54) is 5.56 Å². The van der Waals surface area contributed by atoms with E-state index in [1.54, 1.807) is 11.3 Å². The Morgan fingerprint density at radius 3 is 2.89 bits per heavy atom. The molecule has 0 aliphatic rings. The van der Waals surface area contributed by atoms with Crippen molar-refractivity contribution in [3.63, 3.8) is 0 Å². The first-order valence-electron chi connectivity index (χ1n) is 6.45. The highest BCUT2D eigenvalue weighted by atomic mass is 32.1. The normalized spacial score (nSPS) is 12.7. The summed E-state index contributed by atoms with van der Waals surface area (Å²) >= 11 is 1.74. The van der Waals surface area contributed by atoms with Crippen molar-refractivity contribution in [2.75, 3.05) is 0 Å². The summed E-state index contributed by atoms with van der Waals surface area (Å²) in [5.74, 6) is 0. The molecule has 0 aliphatic carbocycles. The highest BCUT2D eigenvalue weighted by Gasteiger charge is 2.10. The number of nitrogens with two attached hydrogens (primary N) is 1.